The van der Waals surface area contributed by atoms with Gasteiger partial charge in [0.1, 0.15) is 5.60 Å². The lowest BCUT2D eigenvalue weighted by molar-refractivity contribution is 0.126. The van der Waals surface area contributed by atoms with Crippen molar-refractivity contribution in [2.24, 2.45) is 0 Å². The van der Waals surface area contributed by atoms with Crippen LogP contribution in [-0.2, 0) is 5.60 Å². The molecule has 0 aliphatic heterocycles. The van der Waals surface area contributed by atoms with Crippen LogP contribution in [-0.4, -0.2) is 5.11 Å². The minimum atomic E-state index is -1.33. The summed E-state index contributed by atoms with van der Waals surface area (Å²) in [4.78, 5) is 0. The van der Waals surface area contributed by atoms with Crippen LogP contribution in [0.15, 0.2) is 114 Å². The molecule has 0 spiro atoms. The second-order valence-electron chi connectivity index (χ2n) is 8.43. The predicted molar refractivity (Wildman–Crippen MR) is 141 cm³/mol. The molecule has 1 aliphatic rings. The van der Waals surface area contributed by atoms with E-state index in [-0.39, 0.29) is 0 Å². The molecule has 1 aliphatic carbocycles. The van der Waals surface area contributed by atoms with Crippen LogP contribution in [0.3, 0.4) is 0 Å². The molecule has 0 fully saturated rings. The van der Waals surface area contributed by atoms with E-state index >= 15 is 0 Å². The third-order valence-corrected chi connectivity index (χ3v) is 7.09. The third kappa shape index (κ3) is 3.18. The molecular formula is C31H21BrO. The van der Waals surface area contributed by atoms with Crippen molar-refractivity contribution in [1.29, 1.82) is 0 Å². The fourth-order valence-electron chi connectivity index (χ4n) is 5.07. The first-order valence-corrected chi connectivity index (χ1v) is 11.8. The van der Waals surface area contributed by atoms with Gasteiger partial charge in [0.2, 0.25) is 0 Å². The normalized spacial score (nSPS) is 16.8. The molecule has 33 heavy (non-hydrogen) atoms. The number of benzene rings is 5. The van der Waals surface area contributed by atoms with Gasteiger partial charge in [-0.1, -0.05) is 125 Å². The van der Waals surface area contributed by atoms with Crippen molar-refractivity contribution in [2.45, 2.75) is 5.60 Å². The Morgan fingerprint density at radius 1 is 0.545 bits per heavy atom. The summed E-state index contributed by atoms with van der Waals surface area (Å²) in [5, 5.41) is 15.2. The Bertz CT molecular complexity index is 1540. The van der Waals surface area contributed by atoms with E-state index in [1.165, 1.54) is 10.8 Å². The molecule has 2 heteroatoms. The van der Waals surface area contributed by atoms with Crippen LogP contribution in [0.5, 0.6) is 0 Å². The summed E-state index contributed by atoms with van der Waals surface area (Å²) in [5.41, 5.74) is 5.45. The molecule has 0 aromatic heterocycles. The van der Waals surface area contributed by atoms with E-state index in [1.807, 2.05) is 42.5 Å². The van der Waals surface area contributed by atoms with E-state index in [0.717, 1.165) is 43.4 Å². The quantitative estimate of drug-likeness (QED) is 0.266. The first kappa shape index (κ1) is 20.2. The predicted octanol–water partition coefficient (Wildman–Crippen LogP) is 8.04. The molecule has 0 saturated carbocycles. The molecule has 1 unspecified atom stereocenters. The van der Waals surface area contributed by atoms with Gasteiger partial charge in [0.05, 0.1) is 0 Å². The maximum Gasteiger partial charge on any atom is 0.142 e. The van der Waals surface area contributed by atoms with Crippen LogP contribution >= 0.6 is 15.9 Å². The summed E-state index contributed by atoms with van der Waals surface area (Å²) in [6.45, 7) is 0. The zero-order valence-electron chi connectivity index (χ0n) is 17.9. The van der Waals surface area contributed by atoms with Gasteiger partial charge >= 0.3 is 0 Å². The van der Waals surface area contributed by atoms with Gasteiger partial charge in [0, 0.05) is 15.6 Å². The average molecular weight is 489 g/mol. The Hall–Kier alpha value is -3.46. The Balaban J connectivity index is 1.72. The molecule has 0 heterocycles. The van der Waals surface area contributed by atoms with E-state index in [4.69, 9.17) is 0 Å². The van der Waals surface area contributed by atoms with Crippen molar-refractivity contribution in [3.8, 4) is 11.1 Å². The third-order valence-electron chi connectivity index (χ3n) is 6.59. The van der Waals surface area contributed by atoms with Crippen LogP contribution in [0, 0.1) is 0 Å². The van der Waals surface area contributed by atoms with Crippen LogP contribution < -0.4 is 0 Å². The molecule has 1 atom stereocenters. The lowest BCUT2D eigenvalue weighted by Gasteiger charge is -2.34. The Kier molecular flexibility index (Phi) is 4.79. The number of fused-ring (bicyclic) bond motifs is 3. The molecule has 6 rings (SSSR count). The van der Waals surface area contributed by atoms with E-state index in [2.05, 4.69) is 94.8 Å². The fraction of sp³-hybridized carbons (Fsp3) is 0.0323. The van der Waals surface area contributed by atoms with Crippen LogP contribution in [0.4, 0.5) is 0 Å². The van der Waals surface area contributed by atoms with Crippen molar-refractivity contribution in [3.05, 3.63) is 141 Å². The SMILES string of the molecule is OC1(c2ccccc2-c2cccc3ccccc23)c2ccccc2C=Cc2ccc(Br)cc21. The monoisotopic (exact) mass is 488 g/mol. The molecular weight excluding hydrogens is 468 g/mol. The van der Waals surface area contributed by atoms with Gasteiger partial charge in [-0.2, -0.15) is 0 Å². The van der Waals surface area contributed by atoms with E-state index in [9.17, 15) is 5.11 Å². The molecule has 0 radical (unpaired) electrons. The van der Waals surface area contributed by atoms with Gasteiger partial charge in [-0.05, 0) is 50.7 Å². The standard InChI is InChI=1S/C31H21BrO/c32-24-19-18-23-17-16-22-9-2-5-14-28(22)31(33,30(23)20-24)29-15-6-4-12-27(29)26-13-7-10-21-8-1-3-11-25(21)26/h1-20,33H. The second-order valence-corrected chi connectivity index (χ2v) is 9.35. The summed E-state index contributed by atoms with van der Waals surface area (Å²) in [5.74, 6) is 0. The summed E-state index contributed by atoms with van der Waals surface area (Å²) in [7, 11) is 0. The second kappa shape index (κ2) is 7.84. The Morgan fingerprint density at radius 3 is 2.06 bits per heavy atom. The van der Waals surface area contributed by atoms with Gasteiger partial charge in [-0.25, -0.2) is 0 Å². The number of hydrogen-bond acceptors (Lipinski definition) is 1. The topological polar surface area (TPSA) is 20.2 Å². The van der Waals surface area contributed by atoms with E-state index in [0.29, 0.717) is 0 Å². The molecule has 158 valence electrons. The Morgan fingerprint density at radius 2 is 1.18 bits per heavy atom. The molecule has 1 N–H and O–H groups in total. The van der Waals surface area contributed by atoms with E-state index < -0.39 is 5.60 Å². The van der Waals surface area contributed by atoms with Crippen molar-refractivity contribution in [3.63, 3.8) is 0 Å². The van der Waals surface area contributed by atoms with Crippen LogP contribution in [0.25, 0.3) is 34.1 Å². The zero-order valence-corrected chi connectivity index (χ0v) is 19.5. The fourth-order valence-corrected chi connectivity index (χ4v) is 5.43. The van der Waals surface area contributed by atoms with Crippen LogP contribution in [0.1, 0.15) is 27.8 Å². The van der Waals surface area contributed by atoms with Gasteiger partial charge in [0.15, 0.2) is 0 Å². The highest BCUT2D eigenvalue weighted by molar-refractivity contribution is 9.10. The smallest absolute Gasteiger partial charge is 0.142 e. The van der Waals surface area contributed by atoms with Crippen molar-refractivity contribution in [1.82, 2.24) is 0 Å². The van der Waals surface area contributed by atoms with Crippen molar-refractivity contribution < 1.29 is 5.11 Å². The molecule has 5 aromatic carbocycles. The average Bonchev–Trinajstić information content (AvgIpc) is 2.99. The highest BCUT2D eigenvalue weighted by atomic mass is 79.9. The molecule has 0 bridgehead atoms. The first-order chi connectivity index (χ1) is 16.2. The molecule has 5 aromatic rings. The Labute approximate surface area is 201 Å². The minimum Gasteiger partial charge on any atom is -0.376 e. The number of hydrogen-bond donors (Lipinski definition) is 1. The zero-order chi connectivity index (χ0) is 22.4. The van der Waals surface area contributed by atoms with E-state index in [1.54, 1.807) is 0 Å². The lowest BCUT2D eigenvalue weighted by Crippen LogP contribution is -2.31. The molecule has 0 amide bonds. The maximum absolute atomic E-state index is 12.8. The summed E-state index contributed by atoms with van der Waals surface area (Å²) < 4.78 is 0.940. The summed E-state index contributed by atoms with van der Waals surface area (Å²) in [6.07, 6.45) is 4.19. The van der Waals surface area contributed by atoms with Gasteiger partial charge < -0.3 is 5.11 Å². The molecule has 0 saturated heterocycles. The summed E-state index contributed by atoms with van der Waals surface area (Å²) >= 11 is 3.64. The van der Waals surface area contributed by atoms with Gasteiger partial charge in [-0.15, -0.1) is 0 Å². The number of aliphatic hydroxyl groups is 1. The van der Waals surface area contributed by atoms with Crippen molar-refractivity contribution in [2.75, 3.05) is 0 Å². The summed E-state index contributed by atoms with van der Waals surface area (Å²) in [6, 6.07) is 37.3. The van der Waals surface area contributed by atoms with Crippen LogP contribution in [0.2, 0.25) is 0 Å². The maximum atomic E-state index is 12.8. The molecule has 1 nitrogen and oxygen atoms in total. The first-order valence-electron chi connectivity index (χ1n) is 11.0. The minimum absolute atomic E-state index is 0.866. The lowest BCUT2D eigenvalue weighted by atomic mass is 9.75. The highest BCUT2D eigenvalue weighted by Gasteiger charge is 2.40. The largest absolute Gasteiger partial charge is 0.376 e. The number of halogens is 1. The number of rotatable bonds is 2. The highest BCUT2D eigenvalue weighted by Crippen LogP contribution is 2.47. The van der Waals surface area contributed by atoms with Gasteiger partial charge in [-0.3, -0.25) is 0 Å². The van der Waals surface area contributed by atoms with Crippen molar-refractivity contribution >= 4 is 38.9 Å². The van der Waals surface area contributed by atoms with Gasteiger partial charge in [0.25, 0.3) is 0 Å².